The van der Waals surface area contributed by atoms with Gasteiger partial charge in [-0.15, -0.1) is 10.2 Å². The largest absolute Gasteiger partial charge is 0.385 e. The number of amides is 1. The van der Waals surface area contributed by atoms with Gasteiger partial charge in [0, 0.05) is 38.9 Å². The van der Waals surface area contributed by atoms with E-state index in [0.717, 1.165) is 35.8 Å². The average molecular weight is 395 g/mol. The number of halogens is 1. The summed E-state index contributed by atoms with van der Waals surface area (Å²) in [5, 5.41) is 10.0. The molecule has 0 bridgehead atoms. The Morgan fingerprint density at radius 3 is 2.85 bits per heavy atom. The van der Waals surface area contributed by atoms with Crippen molar-refractivity contribution >= 4 is 29.3 Å². The van der Waals surface area contributed by atoms with Crippen molar-refractivity contribution < 1.29 is 9.53 Å². The molecule has 26 heavy (non-hydrogen) atoms. The molecule has 0 aliphatic heterocycles. The fourth-order valence-electron chi connectivity index (χ4n) is 2.70. The van der Waals surface area contributed by atoms with Crippen LogP contribution in [0.3, 0.4) is 0 Å². The molecule has 140 valence electrons. The fourth-order valence-corrected chi connectivity index (χ4v) is 3.81. The number of benzene rings is 1. The number of aromatic nitrogens is 3. The maximum absolute atomic E-state index is 12.3. The first-order valence-corrected chi connectivity index (χ1v) is 10.0. The van der Waals surface area contributed by atoms with Gasteiger partial charge in [0.15, 0.2) is 11.0 Å². The average Bonchev–Trinajstić information content (AvgIpc) is 3.42. The van der Waals surface area contributed by atoms with Gasteiger partial charge in [-0.2, -0.15) is 0 Å². The molecule has 2 aromatic rings. The Bertz CT molecular complexity index is 763. The van der Waals surface area contributed by atoms with Crippen molar-refractivity contribution in [3.05, 3.63) is 29.3 Å². The second-order valence-corrected chi connectivity index (χ2v) is 7.66. The highest BCUT2D eigenvalue weighted by molar-refractivity contribution is 7.99. The lowest BCUT2D eigenvalue weighted by molar-refractivity contribution is -0.127. The van der Waals surface area contributed by atoms with Gasteiger partial charge in [-0.05, 0) is 31.4 Å². The van der Waals surface area contributed by atoms with Crippen molar-refractivity contribution in [2.75, 3.05) is 26.5 Å². The first-order valence-electron chi connectivity index (χ1n) is 8.67. The molecule has 0 radical (unpaired) electrons. The minimum absolute atomic E-state index is 0.128. The van der Waals surface area contributed by atoms with E-state index in [1.807, 2.05) is 40.8 Å². The molecule has 0 saturated heterocycles. The van der Waals surface area contributed by atoms with Crippen LogP contribution in [0.15, 0.2) is 29.4 Å². The van der Waals surface area contributed by atoms with Gasteiger partial charge in [-0.25, -0.2) is 0 Å². The minimum Gasteiger partial charge on any atom is -0.385 e. The summed E-state index contributed by atoms with van der Waals surface area (Å²) in [6.45, 7) is 1.35. The van der Waals surface area contributed by atoms with Crippen molar-refractivity contribution in [2.24, 2.45) is 0 Å². The smallest absolute Gasteiger partial charge is 0.233 e. The van der Waals surface area contributed by atoms with Gasteiger partial charge in [-0.1, -0.05) is 35.5 Å². The molecule has 1 aromatic carbocycles. The zero-order valence-electron chi connectivity index (χ0n) is 15.0. The van der Waals surface area contributed by atoms with Crippen LogP contribution in [0.4, 0.5) is 0 Å². The normalized spacial score (nSPS) is 13.8. The van der Waals surface area contributed by atoms with Gasteiger partial charge in [0.1, 0.15) is 0 Å². The van der Waals surface area contributed by atoms with Crippen LogP contribution in [0.5, 0.6) is 0 Å². The maximum Gasteiger partial charge on any atom is 0.233 e. The van der Waals surface area contributed by atoms with Gasteiger partial charge >= 0.3 is 0 Å². The second-order valence-electron chi connectivity index (χ2n) is 6.31. The monoisotopic (exact) mass is 394 g/mol. The molecular formula is C18H23ClN4O2S. The highest BCUT2D eigenvalue weighted by Gasteiger charge is 2.29. The molecular weight excluding hydrogens is 372 g/mol. The first kappa shape index (κ1) is 19.2. The van der Waals surface area contributed by atoms with E-state index < -0.39 is 0 Å². The van der Waals surface area contributed by atoms with Crippen LogP contribution in [0, 0.1) is 0 Å². The number of methoxy groups -OCH3 is 1. The molecule has 1 aliphatic carbocycles. The van der Waals surface area contributed by atoms with Crippen LogP contribution in [0.1, 0.15) is 19.3 Å². The van der Waals surface area contributed by atoms with Crippen molar-refractivity contribution in [3.8, 4) is 11.4 Å². The lowest BCUT2D eigenvalue weighted by atomic mass is 10.2. The van der Waals surface area contributed by atoms with Gasteiger partial charge in [0.05, 0.1) is 10.8 Å². The Kier molecular flexibility index (Phi) is 6.56. The first-order chi connectivity index (χ1) is 12.6. The molecule has 8 heteroatoms. The van der Waals surface area contributed by atoms with E-state index in [2.05, 4.69) is 10.2 Å². The zero-order chi connectivity index (χ0) is 18.5. The molecule has 1 heterocycles. The van der Waals surface area contributed by atoms with E-state index in [1.54, 1.807) is 7.11 Å². The summed E-state index contributed by atoms with van der Waals surface area (Å²) in [5.41, 5.74) is 0.840. The Labute approximate surface area is 162 Å². The molecule has 3 rings (SSSR count). The minimum atomic E-state index is 0.128. The van der Waals surface area contributed by atoms with Crippen LogP contribution < -0.4 is 0 Å². The molecule has 1 fully saturated rings. The number of rotatable bonds is 9. The molecule has 1 amide bonds. The van der Waals surface area contributed by atoms with Crippen molar-refractivity contribution in [2.45, 2.75) is 37.0 Å². The third kappa shape index (κ3) is 4.58. The standard InChI is InChI=1S/C18H23ClN4O2S/c1-22(13-8-9-13)16(24)12-26-18-21-20-17(23(18)10-5-11-25-2)14-6-3-4-7-15(14)19/h3-4,6-7,13H,5,8-12H2,1-2H3. The molecule has 6 nitrogen and oxygen atoms in total. The van der Waals surface area contributed by atoms with E-state index in [0.29, 0.717) is 30.0 Å². The number of hydrogen-bond donors (Lipinski definition) is 0. The number of thioether (sulfide) groups is 1. The van der Waals surface area contributed by atoms with Crippen LogP contribution in [-0.4, -0.2) is 58.1 Å². The van der Waals surface area contributed by atoms with Crippen molar-refractivity contribution in [3.63, 3.8) is 0 Å². The highest BCUT2D eigenvalue weighted by Crippen LogP contribution is 2.30. The van der Waals surface area contributed by atoms with Crippen LogP contribution in [0.2, 0.25) is 5.02 Å². The molecule has 1 saturated carbocycles. The van der Waals surface area contributed by atoms with E-state index in [-0.39, 0.29) is 5.91 Å². The molecule has 0 spiro atoms. The quantitative estimate of drug-likeness (QED) is 0.482. The van der Waals surface area contributed by atoms with E-state index >= 15 is 0 Å². The fraction of sp³-hybridized carbons (Fsp3) is 0.500. The zero-order valence-corrected chi connectivity index (χ0v) is 16.6. The molecule has 1 aromatic heterocycles. The predicted molar refractivity (Wildman–Crippen MR) is 103 cm³/mol. The summed E-state index contributed by atoms with van der Waals surface area (Å²) >= 11 is 7.76. The Balaban J connectivity index is 1.77. The van der Waals surface area contributed by atoms with Gasteiger partial charge in [0.25, 0.3) is 0 Å². The summed E-state index contributed by atoms with van der Waals surface area (Å²) in [4.78, 5) is 14.1. The highest BCUT2D eigenvalue weighted by atomic mass is 35.5. The predicted octanol–water partition coefficient (Wildman–Crippen LogP) is 3.35. The number of carbonyl (C=O) groups excluding carboxylic acids is 1. The van der Waals surface area contributed by atoms with Crippen LogP contribution >= 0.6 is 23.4 Å². The van der Waals surface area contributed by atoms with Crippen LogP contribution in [-0.2, 0) is 16.1 Å². The summed E-state index contributed by atoms with van der Waals surface area (Å²) in [6.07, 6.45) is 3.04. The Hall–Kier alpha value is -1.57. The maximum atomic E-state index is 12.3. The second kappa shape index (κ2) is 8.88. The number of carbonyl (C=O) groups is 1. The van der Waals surface area contributed by atoms with Gasteiger partial charge in [-0.3, -0.25) is 4.79 Å². The SMILES string of the molecule is COCCCn1c(SCC(=O)N(C)C2CC2)nnc1-c1ccccc1Cl. The Morgan fingerprint density at radius 2 is 2.15 bits per heavy atom. The summed E-state index contributed by atoms with van der Waals surface area (Å²) in [7, 11) is 3.56. The summed E-state index contributed by atoms with van der Waals surface area (Å²) in [5.74, 6) is 1.21. The molecule has 0 unspecified atom stereocenters. The van der Waals surface area contributed by atoms with Gasteiger partial charge in [0.2, 0.25) is 5.91 Å². The number of nitrogens with zero attached hydrogens (tertiary/aromatic N) is 4. The molecule has 0 atom stereocenters. The van der Waals surface area contributed by atoms with Crippen LogP contribution in [0.25, 0.3) is 11.4 Å². The number of hydrogen-bond acceptors (Lipinski definition) is 5. The lowest BCUT2D eigenvalue weighted by Gasteiger charge is -2.16. The van der Waals surface area contributed by atoms with Crippen molar-refractivity contribution in [1.29, 1.82) is 0 Å². The van der Waals surface area contributed by atoms with E-state index in [1.165, 1.54) is 11.8 Å². The third-order valence-corrected chi connectivity index (χ3v) is 5.66. The number of ether oxygens (including phenoxy) is 1. The lowest BCUT2D eigenvalue weighted by Crippen LogP contribution is -2.30. The van der Waals surface area contributed by atoms with E-state index in [9.17, 15) is 4.79 Å². The Morgan fingerprint density at radius 1 is 1.38 bits per heavy atom. The van der Waals surface area contributed by atoms with E-state index in [4.69, 9.17) is 16.3 Å². The molecule has 1 aliphatic rings. The summed E-state index contributed by atoms with van der Waals surface area (Å²) < 4.78 is 7.19. The van der Waals surface area contributed by atoms with Crippen molar-refractivity contribution in [1.82, 2.24) is 19.7 Å². The third-order valence-electron chi connectivity index (χ3n) is 4.37. The topological polar surface area (TPSA) is 60.2 Å². The molecule has 0 N–H and O–H groups in total. The van der Waals surface area contributed by atoms with Gasteiger partial charge < -0.3 is 14.2 Å². The summed E-state index contributed by atoms with van der Waals surface area (Å²) in [6, 6.07) is 8.00.